The molecule has 5 heteroatoms. The number of benzene rings is 2. The summed E-state index contributed by atoms with van der Waals surface area (Å²) in [5, 5.41) is 3.97. The lowest BCUT2D eigenvalue weighted by Crippen LogP contribution is -2.30. The van der Waals surface area contributed by atoms with E-state index in [2.05, 4.69) is 10.3 Å². The Balaban J connectivity index is 1.70. The number of aromatic amines is 1. The quantitative estimate of drug-likeness (QED) is 0.773. The summed E-state index contributed by atoms with van der Waals surface area (Å²) in [6.45, 7) is 0.451. The standard InChI is InChI=1S/C18H15ClN2O2/c19-13-7-5-12(6-8-13)9-10-20-18(23)15-11-21-16-4-2-1-3-14(16)17(15)22/h1-8,11H,9-10H2,(H,20,23)(H,21,22). The van der Waals surface area contributed by atoms with Gasteiger partial charge < -0.3 is 10.3 Å². The van der Waals surface area contributed by atoms with Crippen LogP contribution in [-0.2, 0) is 6.42 Å². The Hall–Kier alpha value is -2.59. The van der Waals surface area contributed by atoms with Gasteiger partial charge in [0, 0.05) is 28.7 Å². The van der Waals surface area contributed by atoms with Crippen LogP contribution in [0.3, 0.4) is 0 Å². The summed E-state index contributed by atoms with van der Waals surface area (Å²) in [5.41, 5.74) is 1.65. The number of hydrogen-bond acceptors (Lipinski definition) is 2. The molecule has 1 amide bonds. The van der Waals surface area contributed by atoms with Gasteiger partial charge >= 0.3 is 0 Å². The maximum atomic E-state index is 12.3. The highest BCUT2D eigenvalue weighted by Crippen LogP contribution is 2.10. The largest absolute Gasteiger partial charge is 0.360 e. The van der Waals surface area contributed by atoms with E-state index in [4.69, 9.17) is 11.6 Å². The number of rotatable bonds is 4. The third kappa shape index (κ3) is 3.43. The fraction of sp³-hybridized carbons (Fsp3) is 0.111. The first-order valence-corrected chi connectivity index (χ1v) is 7.66. The van der Waals surface area contributed by atoms with Gasteiger partial charge in [0.1, 0.15) is 5.56 Å². The Morgan fingerprint density at radius 1 is 1.09 bits per heavy atom. The number of carbonyl (C=O) groups is 1. The van der Waals surface area contributed by atoms with E-state index in [0.29, 0.717) is 23.4 Å². The molecule has 0 saturated carbocycles. The lowest BCUT2D eigenvalue weighted by Gasteiger charge is -2.06. The Kier molecular flexibility index (Phi) is 4.44. The van der Waals surface area contributed by atoms with E-state index in [-0.39, 0.29) is 16.9 Å². The number of carbonyl (C=O) groups excluding carboxylic acids is 1. The summed E-state index contributed by atoms with van der Waals surface area (Å²) in [5.74, 6) is -0.369. The zero-order chi connectivity index (χ0) is 16.2. The highest BCUT2D eigenvalue weighted by molar-refractivity contribution is 6.30. The summed E-state index contributed by atoms with van der Waals surface area (Å²) < 4.78 is 0. The molecule has 116 valence electrons. The van der Waals surface area contributed by atoms with E-state index < -0.39 is 0 Å². The molecule has 3 rings (SSSR count). The Labute approximate surface area is 138 Å². The van der Waals surface area contributed by atoms with Crippen LogP contribution in [0.2, 0.25) is 5.02 Å². The number of pyridine rings is 1. The van der Waals surface area contributed by atoms with Crippen molar-refractivity contribution in [3.8, 4) is 0 Å². The third-order valence-electron chi connectivity index (χ3n) is 3.65. The Bertz CT molecular complexity index is 901. The Morgan fingerprint density at radius 3 is 2.61 bits per heavy atom. The molecule has 1 aromatic heterocycles. The van der Waals surface area contributed by atoms with Gasteiger partial charge in [0.25, 0.3) is 5.91 Å². The van der Waals surface area contributed by atoms with Crippen molar-refractivity contribution in [1.82, 2.24) is 10.3 Å². The van der Waals surface area contributed by atoms with Crippen molar-refractivity contribution in [2.24, 2.45) is 0 Å². The molecule has 0 aliphatic carbocycles. The number of halogens is 1. The zero-order valence-electron chi connectivity index (χ0n) is 12.3. The number of amides is 1. The predicted molar refractivity (Wildman–Crippen MR) is 92.1 cm³/mol. The first-order chi connectivity index (χ1) is 11.1. The summed E-state index contributed by atoms with van der Waals surface area (Å²) in [7, 11) is 0. The normalized spacial score (nSPS) is 10.7. The average Bonchev–Trinajstić information content (AvgIpc) is 2.57. The van der Waals surface area contributed by atoms with Crippen molar-refractivity contribution in [3.63, 3.8) is 0 Å². The van der Waals surface area contributed by atoms with Crippen molar-refractivity contribution in [1.29, 1.82) is 0 Å². The smallest absolute Gasteiger partial charge is 0.256 e. The molecule has 0 radical (unpaired) electrons. The van der Waals surface area contributed by atoms with Gasteiger partial charge in [0.05, 0.1) is 0 Å². The minimum absolute atomic E-state index is 0.125. The topological polar surface area (TPSA) is 62.0 Å². The summed E-state index contributed by atoms with van der Waals surface area (Å²) >= 11 is 5.83. The van der Waals surface area contributed by atoms with E-state index in [1.807, 2.05) is 30.3 Å². The zero-order valence-corrected chi connectivity index (χ0v) is 13.1. The second kappa shape index (κ2) is 6.67. The highest BCUT2D eigenvalue weighted by Gasteiger charge is 2.12. The molecule has 0 fully saturated rings. The number of H-pyrrole nitrogens is 1. The molecule has 0 aliphatic heterocycles. The monoisotopic (exact) mass is 326 g/mol. The lowest BCUT2D eigenvalue weighted by atomic mass is 10.1. The van der Waals surface area contributed by atoms with Crippen LogP contribution < -0.4 is 10.7 Å². The van der Waals surface area contributed by atoms with Crippen LogP contribution in [0.4, 0.5) is 0 Å². The maximum absolute atomic E-state index is 12.3. The molecule has 2 aromatic carbocycles. The van der Waals surface area contributed by atoms with Gasteiger partial charge in [-0.3, -0.25) is 9.59 Å². The highest BCUT2D eigenvalue weighted by atomic mass is 35.5. The second-order valence-electron chi connectivity index (χ2n) is 5.21. The molecule has 2 N–H and O–H groups in total. The van der Waals surface area contributed by atoms with Crippen molar-refractivity contribution in [3.05, 3.63) is 81.1 Å². The van der Waals surface area contributed by atoms with Gasteiger partial charge in [0.15, 0.2) is 0 Å². The summed E-state index contributed by atoms with van der Waals surface area (Å²) in [6, 6.07) is 14.6. The van der Waals surface area contributed by atoms with E-state index in [9.17, 15) is 9.59 Å². The molecule has 0 spiro atoms. The molecule has 3 aromatic rings. The van der Waals surface area contributed by atoms with Crippen molar-refractivity contribution in [2.45, 2.75) is 6.42 Å². The predicted octanol–water partition coefficient (Wildman–Crippen LogP) is 3.15. The van der Waals surface area contributed by atoms with E-state index in [1.54, 1.807) is 18.2 Å². The van der Waals surface area contributed by atoms with Crippen LogP contribution in [0.25, 0.3) is 10.9 Å². The number of nitrogens with one attached hydrogen (secondary N) is 2. The fourth-order valence-corrected chi connectivity index (χ4v) is 2.53. The van der Waals surface area contributed by atoms with Crippen molar-refractivity contribution < 1.29 is 4.79 Å². The first-order valence-electron chi connectivity index (χ1n) is 7.28. The van der Waals surface area contributed by atoms with Crippen LogP contribution >= 0.6 is 11.6 Å². The SMILES string of the molecule is O=C(NCCc1ccc(Cl)cc1)c1c[nH]c2ccccc2c1=O. The van der Waals surface area contributed by atoms with Gasteiger partial charge in [-0.05, 0) is 36.2 Å². The maximum Gasteiger partial charge on any atom is 0.256 e. The number of aromatic nitrogens is 1. The van der Waals surface area contributed by atoms with Gasteiger partial charge in [-0.1, -0.05) is 35.9 Å². The third-order valence-corrected chi connectivity index (χ3v) is 3.90. The average molecular weight is 327 g/mol. The van der Waals surface area contributed by atoms with Crippen LogP contribution in [0.1, 0.15) is 15.9 Å². The second-order valence-corrected chi connectivity index (χ2v) is 5.65. The lowest BCUT2D eigenvalue weighted by molar-refractivity contribution is 0.0953. The molecule has 0 unspecified atom stereocenters. The van der Waals surface area contributed by atoms with Gasteiger partial charge in [-0.2, -0.15) is 0 Å². The number of fused-ring (bicyclic) bond motifs is 1. The molecular formula is C18H15ClN2O2. The molecule has 1 heterocycles. The first kappa shape index (κ1) is 15.3. The molecule has 4 nitrogen and oxygen atoms in total. The minimum Gasteiger partial charge on any atom is -0.360 e. The van der Waals surface area contributed by atoms with E-state index >= 15 is 0 Å². The summed E-state index contributed by atoms with van der Waals surface area (Å²) in [6.07, 6.45) is 2.14. The molecular weight excluding hydrogens is 312 g/mol. The van der Waals surface area contributed by atoms with Gasteiger partial charge in [0.2, 0.25) is 5.43 Å². The number of para-hydroxylation sites is 1. The van der Waals surface area contributed by atoms with Gasteiger partial charge in [-0.25, -0.2) is 0 Å². The number of hydrogen-bond donors (Lipinski definition) is 2. The van der Waals surface area contributed by atoms with Crippen LogP contribution in [-0.4, -0.2) is 17.4 Å². The van der Waals surface area contributed by atoms with Crippen molar-refractivity contribution in [2.75, 3.05) is 6.54 Å². The Morgan fingerprint density at radius 2 is 1.83 bits per heavy atom. The van der Waals surface area contributed by atoms with E-state index in [0.717, 1.165) is 11.1 Å². The van der Waals surface area contributed by atoms with Gasteiger partial charge in [-0.15, -0.1) is 0 Å². The molecule has 0 bridgehead atoms. The van der Waals surface area contributed by atoms with E-state index in [1.165, 1.54) is 6.20 Å². The summed E-state index contributed by atoms with van der Waals surface area (Å²) in [4.78, 5) is 27.5. The molecule has 23 heavy (non-hydrogen) atoms. The molecule has 0 saturated heterocycles. The van der Waals surface area contributed by atoms with Crippen LogP contribution in [0.5, 0.6) is 0 Å². The fourth-order valence-electron chi connectivity index (χ4n) is 2.40. The molecule has 0 aliphatic rings. The van der Waals surface area contributed by atoms with Crippen LogP contribution in [0.15, 0.2) is 59.5 Å². The van der Waals surface area contributed by atoms with Crippen LogP contribution in [0, 0.1) is 0 Å². The minimum atomic E-state index is -0.369. The molecule has 0 atom stereocenters. The van der Waals surface area contributed by atoms with Crippen molar-refractivity contribution >= 4 is 28.4 Å².